The predicted molar refractivity (Wildman–Crippen MR) is 137 cm³/mol. The number of ether oxygens (including phenoxy) is 2. The second kappa shape index (κ2) is 10.1. The van der Waals surface area contributed by atoms with Crippen LogP contribution in [-0.4, -0.2) is 28.8 Å². The molecule has 0 aliphatic heterocycles. The quantitative estimate of drug-likeness (QED) is 0.216. The van der Waals surface area contributed by atoms with Gasteiger partial charge in [0.05, 0.1) is 35.3 Å². The molecule has 0 saturated heterocycles. The monoisotopic (exact) mass is 474 g/mol. The fourth-order valence-corrected chi connectivity index (χ4v) is 3.82. The zero-order chi connectivity index (χ0) is 24.9. The van der Waals surface area contributed by atoms with E-state index in [1.807, 2.05) is 77.5 Å². The van der Waals surface area contributed by atoms with Crippen LogP contribution < -0.4 is 4.74 Å². The Bertz CT molecular complexity index is 1490. The van der Waals surface area contributed by atoms with Gasteiger partial charge in [-0.3, -0.25) is 0 Å². The van der Waals surface area contributed by atoms with Gasteiger partial charge in [-0.25, -0.2) is 14.3 Å². The van der Waals surface area contributed by atoms with Crippen molar-refractivity contribution < 1.29 is 19.1 Å². The topological polar surface area (TPSA) is 70.4 Å². The fourth-order valence-electron chi connectivity index (χ4n) is 3.82. The van der Waals surface area contributed by atoms with E-state index in [-0.39, 0.29) is 0 Å². The van der Waals surface area contributed by atoms with Gasteiger partial charge < -0.3 is 9.47 Å². The molecule has 4 aromatic carbocycles. The maximum atomic E-state index is 12.7. The van der Waals surface area contributed by atoms with Crippen LogP contribution in [0.2, 0.25) is 0 Å². The summed E-state index contributed by atoms with van der Waals surface area (Å²) in [4.78, 5) is 24.3. The van der Waals surface area contributed by atoms with Crippen LogP contribution in [0.5, 0.6) is 5.75 Å². The summed E-state index contributed by atoms with van der Waals surface area (Å²) >= 11 is 0. The minimum atomic E-state index is -0.499. The highest BCUT2D eigenvalue weighted by Gasteiger charge is 2.15. The summed E-state index contributed by atoms with van der Waals surface area (Å²) in [6.45, 7) is 0. The molecule has 0 spiro atoms. The molecule has 0 amide bonds. The molecule has 0 saturated carbocycles. The molecule has 36 heavy (non-hydrogen) atoms. The van der Waals surface area contributed by atoms with Crippen molar-refractivity contribution in [3.63, 3.8) is 0 Å². The van der Waals surface area contributed by atoms with E-state index in [0.717, 1.165) is 28.2 Å². The van der Waals surface area contributed by atoms with Crippen LogP contribution in [0.3, 0.4) is 0 Å². The first-order valence-electron chi connectivity index (χ1n) is 11.3. The van der Waals surface area contributed by atoms with Gasteiger partial charge in [0.1, 0.15) is 5.75 Å². The Labute approximate surface area is 208 Å². The highest BCUT2D eigenvalue weighted by molar-refractivity contribution is 5.92. The molecule has 0 radical (unpaired) electrons. The maximum Gasteiger partial charge on any atom is 0.343 e. The highest BCUT2D eigenvalue weighted by Crippen LogP contribution is 2.29. The molecule has 0 aliphatic carbocycles. The van der Waals surface area contributed by atoms with Gasteiger partial charge in [-0.1, -0.05) is 60.7 Å². The zero-order valence-electron chi connectivity index (χ0n) is 19.5. The molecule has 0 bridgehead atoms. The van der Waals surface area contributed by atoms with E-state index < -0.39 is 11.9 Å². The van der Waals surface area contributed by atoms with Gasteiger partial charge in [-0.15, -0.1) is 0 Å². The standard InChI is InChI=1S/C30H22N2O4/c1-35-29(33)23-14-18-26(19-15-23)36-30(34)24-12-16-25(17-13-24)32-28(22-10-6-3-7-11-22)20-27(31-32)21-8-4-2-5-9-21/h2-20H,1H3. The number of hydrogen-bond donors (Lipinski definition) is 0. The lowest BCUT2D eigenvalue weighted by Crippen LogP contribution is -2.09. The van der Waals surface area contributed by atoms with Crippen molar-refractivity contribution in [3.05, 3.63) is 126 Å². The average molecular weight is 475 g/mol. The maximum absolute atomic E-state index is 12.7. The first-order valence-corrected chi connectivity index (χ1v) is 11.3. The highest BCUT2D eigenvalue weighted by atomic mass is 16.5. The summed E-state index contributed by atoms with van der Waals surface area (Å²) in [7, 11) is 1.31. The molecule has 6 heteroatoms. The minimum absolute atomic E-state index is 0.336. The Kier molecular flexibility index (Phi) is 6.40. The molecule has 0 atom stereocenters. The minimum Gasteiger partial charge on any atom is -0.465 e. The molecule has 0 fully saturated rings. The summed E-state index contributed by atoms with van der Waals surface area (Å²) < 4.78 is 12.0. The molecule has 5 aromatic rings. The van der Waals surface area contributed by atoms with Gasteiger partial charge in [0.15, 0.2) is 0 Å². The second-order valence-corrected chi connectivity index (χ2v) is 8.01. The first-order chi connectivity index (χ1) is 17.6. The Balaban J connectivity index is 1.41. The normalized spacial score (nSPS) is 10.6. The summed E-state index contributed by atoms with van der Waals surface area (Å²) in [6, 6.07) is 35.4. The summed E-state index contributed by atoms with van der Waals surface area (Å²) in [5.41, 5.74) is 5.44. The molecule has 5 rings (SSSR count). The van der Waals surface area contributed by atoms with Gasteiger partial charge in [0, 0.05) is 11.1 Å². The smallest absolute Gasteiger partial charge is 0.343 e. The van der Waals surface area contributed by atoms with Crippen LogP contribution in [-0.2, 0) is 4.74 Å². The first kappa shape index (κ1) is 22.8. The zero-order valence-corrected chi connectivity index (χ0v) is 19.5. The van der Waals surface area contributed by atoms with Crippen molar-refractivity contribution in [2.45, 2.75) is 0 Å². The summed E-state index contributed by atoms with van der Waals surface area (Å²) in [5, 5.41) is 4.86. The van der Waals surface area contributed by atoms with E-state index in [4.69, 9.17) is 9.84 Å². The third kappa shape index (κ3) is 4.79. The van der Waals surface area contributed by atoms with Crippen LogP contribution in [0.4, 0.5) is 0 Å². The number of carbonyl (C=O) groups is 2. The van der Waals surface area contributed by atoms with Crippen molar-refractivity contribution in [1.29, 1.82) is 0 Å². The van der Waals surface area contributed by atoms with E-state index in [1.165, 1.54) is 7.11 Å². The predicted octanol–water partition coefficient (Wildman–Crippen LogP) is 6.21. The number of carbonyl (C=O) groups excluding carboxylic acids is 2. The van der Waals surface area contributed by atoms with Crippen LogP contribution in [0.1, 0.15) is 20.7 Å². The number of nitrogens with zero attached hydrogens (tertiary/aromatic N) is 2. The van der Waals surface area contributed by atoms with Crippen LogP contribution in [0.15, 0.2) is 115 Å². The van der Waals surface area contributed by atoms with Crippen molar-refractivity contribution in [2.24, 2.45) is 0 Å². The van der Waals surface area contributed by atoms with Crippen molar-refractivity contribution in [2.75, 3.05) is 7.11 Å². The molecule has 1 heterocycles. The molecule has 0 unspecified atom stereocenters. The number of rotatable bonds is 6. The van der Waals surface area contributed by atoms with E-state index in [2.05, 4.69) is 10.8 Å². The van der Waals surface area contributed by atoms with Gasteiger partial charge >= 0.3 is 11.9 Å². The molecular weight excluding hydrogens is 452 g/mol. The average Bonchev–Trinajstić information content (AvgIpc) is 3.40. The molecule has 0 aliphatic rings. The van der Waals surface area contributed by atoms with E-state index in [0.29, 0.717) is 16.9 Å². The number of aromatic nitrogens is 2. The Morgan fingerprint density at radius 1 is 0.667 bits per heavy atom. The van der Waals surface area contributed by atoms with Crippen LogP contribution in [0.25, 0.3) is 28.2 Å². The summed E-state index contributed by atoms with van der Waals surface area (Å²) in [6.07, 6.45) is 0. The van der Waals surface area contributed by atoms with Crippen molar-refractivity contribution in [1.82, 2.24) is 9.78 Å². The lowest BCUT2D eigenvalue weighted by atomic mass is 10.1. The van der Waals surface area contributed by atoms with Gasteiger partial charge in [0.2, 0.25) is 0 Å². The Hall–Kier alpha value is -4.97. The van der Waals surface area contributed by atoms with Gasteiger partial charge in [0.25, 0.3) is 0 Å². The van der Waals surface area contributed by atoms with Crippen molar-refractivity contribution in [3.8, 4) is 34.0 Å². The second-order valence-electron chi connectivity index (χ2n) is 8.01. The Morgan fingerprint density at radius 3 is 1.83 bits per heavy atom. The van der Waals surface area contributed by atoms with Crippen molar-refractivity contribution >= 4 is 11.9 Å². The third-order valence-corrected chi connectivity index (χ3v) is 5.68. The largest absolute Gasteiger partial charge is 0.465 e. The summed E-state index contributed by atoms with van der Waals surface area (Å²) in [5.74, 6) is -0.615. The lowest BCUT2D eigenvalue weighted by Gasteiger charge is -2.09. The molecule has 6 nitrogen and oxygen atoms in total. The Morgan fingerprint density at radius 2 is 1.22 bits per heavy atom. The number of methoxy groups -OCH3 is 1. The van der Waals surface area contributed by atoms with Crippen LogP contribution >= 0.6 is 0 Å². The fraction of sp³-hybridized carbons (Fsp3) is 0.0333. The SMILES string of the molecule is COC(=O)c1ccc(OC(=O)c2ccc(-n3nc(-c4ccccc4)cc3-c3ccccc3)cc2)cc1. The third-order valence-electron chi connectivity index (χ3n) is 5.68. The molecular formula is C30H22N2O4. The van der Waals surface area contributed by atoms with Gasteiger partial charge in [-0.05, 0) is 54.6 Å². The number of benzene rings is 4. The molecule has 0 N–H and O–H groups in total. The van der Waals surface area contributed by atoms with E-state index >= 15 is 0 Å². The van der Waals surface area contributed by atoms with Crippen LogP contribution in [0, 0.1) is 0 Å². The van der Waals surface area contributed by atoms with E-state index in [1.54, 1.807) is 36.4 Å². The van der Waals surface area contributed by atoms with Gasteiger partial charge in [-0.2, -0.15) is 5.10 Å². The molecule has 1 aromatic heterocycles. The number of esters is 2. The lowest BCUT2D eigenvalue weighted by molar-refractivity contribution is 0.0600. The number of hydrogen-bond acceptors (Lipinski definition) is 5. The molecule has 176 valence electrons. The van der Waals surface area contributed by atoms with E-state index in [9.17, 15) is 9.59 Å².